The van der Waals surface area contributed by atoms with Gasteiger partial charge in [0.15, 0.2) is 0 Å². The summed E-state index contributed by atoms with van der Waals surface area (Å²) in [6.07, 6.45) is 2.16. The molecule has 1 aromatic carbocycles. The quantitative estimate of drug-likeness (QED) is 0.642. The lowest BCUT2D eigenvalue weighted by Crippen LogP contribution is -2.37. The van der Waals surface area contributed by atoms with Crippen molar-refractivity contribution in [3.8, 4) is 0 Å². The molecule has 4 nitrogen and oxygen atoms in total. The first kappa shape index (κ1) is 18.5. The van der Waals surface area contributed by atoms with Gasteiger partial charge >= 0.3 is 0 Å². The van der Waals surface area contributed by atoms with Crippen molar-refractivity contribution in [2.45, 2.75) is 39.3 Å². The number of benzene rings is 1. The number of aliphatic hydroxyl groups excluding tert-OH is 1. The predicted molar refractivity (Wildman–Crippen MR) is 92.5 cm³/mol. The predicted octanol–water partition coefficient (Wildman–Crippen LogP) is 3.46. The van der Waals surface area contributed by atoms with E-state index in [2.05, 4.69) is 38.0 Å². The van der Waals surface area contributed by atoms with Crippen LogP contribution < -0.4 is 10.6 Å². The van der Waals surface area contributed by atoms with Crippen LogP contribution >= 0.6 is 11.6 Å². The molecule has 0 spiro atoms. The molecule has 122 valence electrons. The lowest BCUT2D eigenvalue weighted by Gasteiger charge is -2.20. The Morgan fingerprint density at radius 2 is 2.09 bits per heavy atom. The summed E-state index contributed by atoms with van der Waals surface area (Å²) in [5.74, 6) is 0.172. The molecule has 0 saturated heterocycles. The maximum absolute atomic E-state index is 12.3. The second-order valence-electron chi connectivity index (χ2n) is 5.75. The van der Waals surface area contributed by atoms with Crippen LogP contribution in [0.5, 0.6) is 0 Å². The van der Waals surface area contributed by atoms with E-state index in [0.29, 0.717) is 22.9 Å². The summed E-state index contributed by atoms with van der Waals surface area (Å²) < 4.78 is 0. The molecule has 3 N–H and O–H groups in total. The zero-order chi connectivity index (χ0) is 16.7. The molecule has 22 heavy (non-hydrogen) atoms. The Bertz CT molecular complexity index is 517. The number of anilines is 1. The molecule has 0 unspecified atom stereocenters. The molecule has 0 fully saturated rings. The first-order valence-corrected chi connectivity index (χ1v) is 7.85. The van der Waals surface area contributed by atoms with E-state index >= 15 is 0 Å². The standard InChI is InChI=1S/C17H25ClN2O2/c1-5-6-14(10-21)20-17(22)15-9-13(7-8-16(15)18)19-12(4)11(2)3/h5,7-9,11-12,14,19,21H,1,6,10H2,2-4H3,(H,20,22)/t12-,14-/m1/s1. The monoisotopic (exact) mass is 324 g/mol. The van der Waals surface area contributed by atoms with Crippen molar-refractivity contribution < 1.29 is 9.90 Å². The van der Waals surface area contributed by atoms with Crippen molar-refractivity contribution in [1.29, 1.82) is 0 Å². The molecule has 5 heteroatoms. The van der Waals surface area contributed by atoms with E-state index in [1.165, 1.54) is 0 Å². The second-order valence-corrected chi connectivity index (χ2v) is 6.16. The number of rotatable bonds is 8. The normalized spacial score (nSPS) is 13.5. The maximum Gasteiger partial charge on any atom is 0.253 e. The molecule has 0 bridgehead atoms. The molecular formula is C17H25ClN2O2. The highest BCUT2D eigenvalue weighted by Gasteiger charge is 2.16. The lowest BCUT2D eigenvalue weighted by molar-refractivity contribution is 0.0917. The third-order valence-corrected chi connectivity index (χ3v) is 3.94. The van der Waals surface area contributed by atoms with E-state index in [1.54, 1.807) is 18.2 Å². The van der Waals surface area contributed by atoms with Gasteiger partial charge in [0.1, 0.15) is 0 Å². The van der Waals surface area contributed by atoms with Gasteiger partial charge in [-0.15, -0.1) is 6.58 Å². The van der Waals surface area contributed by atoms with Crippen molar-refractivity contribution in [3.05, 3.63) is 41.4 Å². The van der Waals surface area contributed by atoms with Crippen LogP contribution in [0.2, 0.25) is 5.02 Å². The molecule has 2 atom stereocenters. The maximum atomic E-state index is 12.3. The molecule has 0 aromatic heterocycles. The van der Waals surface area contributed by atoms with Gasteiger partial charge in [0.2, 0.25) is 0 Å². The van der Waals surface area contributed by atoms with Crippen molar-refractivity contribution in [3.63, 3.8) is 0 Å². The summed E-state index contributed by atoms with van der Waals surface area (Å²) in [6.45, 7) is 9.81. The third kappa shape index (κ3) is 5.35. The number of nitrogens with one attached hydrogen (secondary N) is 2. The highest BCUT2D eigenvalue weighted by atomic mass is 35.5. The minimum atomic E-state index is -0.354. The van der Waals surface area contributed by atoms with Crippen LogP contribution in [0.1, 0.15) is 37.6 Å². The van der Waals surface area contributed by atoms with Gasteiger partial charge in [0.25, 0.3) is 5.91 Å². The number of hydrogen-bond acceptors (Lipinski definition) is 3. The van der Waals surface area contributed by atoms with E-state index in [9.17, 15) is 9.90 Å². The number of halogens is 1. The fourth-order valence-corrected chi connectivity index (χ4v) is 2.07. The van der Waals surface area contributed by atoms with Crippen molar-refractivity contribution in [1.82, 2.24) is 5.32 Å². The minimum absolute atomic E-state index is 0.141. The highest BCUT2D eigenvalue weighted by Crippen LogP contribution is 2.22. The molecular weight excluding hydrogens is 300 g/mol. The summed E-state index contributed by atoms with van der Waals surface area (Å²) in [7, 11) is 0. The van der Waals surface area contributed by atoms with Crippen LogP contribution in [0.15, 0.2) is 30.9 Å². The second kappa shape index (κ2) is 8.81. The van der Waals surface area contributed by atoms with Gasteiger partial charge in [-0.05, 0) is 37.5 Å². The van der Waals surface area contributed by atoms with Gasteiger partial charge in [-0.3, -0.25) is 4.79 Å². The van der Waals surface area contributed by atoms with E-state index in [1.807, 2.05) is 6.07 Å². The zero-order valence-electron chi connectivity index (χ0n) is 13.4. The Morgan fingerprint density at radius 3 is 2.64 bits per heavy atom. The summed E-state index contributed by atoms with van der Waals surface area (Å²) in [4.78, 5) is 12.3. The summed E-state index contributed by atoms with van der Waals surface area (Å²) in [5, 5.41) is 15.7. The minimum Gasteiger partial charge on any atom is -0.394 e. The van der Waals surface area contributed by atoms with Crippen LogP contribution in [0.4, 0.5) is 5.69 Å². The van der Waals surface area contributed by atoms with Gasteiger partial charge < -0.3 is 15.7 Å². The van der Waals surface area contributed by atoms with Gasteiger partial charge in [-0.2, -0.15) is 0 Å². The highest BCUT2D eigenvalue weighted by molar-refractivity contribution is 6.34. The average molecular weight is 325 g/mol. The fourth-order valence-electron chi connectivity index (χ4n) is 1.86. The number of aliphatic hydroxyl groups is 1. The van der Waals surface area contributed by atoms with E-state index in [4.69, 9.17) is 11.6 Å². The smallest absolute Gasteiger partial charge is 0.253 e. The van der Waals surface area contributed by atoms with Gasteiger partial charge in [0, 0.05) is 11.7 Å². The Labute approximate surface area is 137 Å². The number of carbonyl (C=O) groups is 1. The van der Waals surface area contributed by atoms with E-state index in [-0.39, 0.29) is 24.6 Å². The number of hydrogen-bond donors (Lipinski definition) is 3. The summed E-state index contributed by atoms with van der Waals surface area (Å²) in [5.41, 5.74) is 1.24. The summed E-state index contributed by atoms with van der Waals surface area (Å²) in [6, 6.07) is 5.22. The fraction of sp³-hybridized carbons (Fsp3) is 0.471. The largest absolute Gasteiger partial charge is 0.394 e. The van der Waals surface area contributed by atoms with Crippen LogP contribution in [0.25, 0.3) is 0 Å². The van der Waals surface area contributed by atoms with Gasteiger partial charge in [-0.25, -0.2) is 0 Å². The first-order chi connectivity index (χ1) is 10.4. The zero-order valence-corrected chi connectivity index (χ0v) is 14.2. The molecule has 1 aromatic rings. The van der Waals surface area contributed by atoms with E-state index in [0.717, 1.165) is 5.69 Å². The first-order valence-electron chi connectivity index (χ1n) is 7.47. The Balaban J connectivity index is 2.89. The number of carbonyl (C=O) groups excluding carboxylic acids is 1. The molecule has 0 aliphatic carbocycles. The lowest BCUT2D eigenvalue weighted by atomic mass is 10.1. The Kier molecular flexibility index (Phi) is 7.42. The third-order valence-electron chi connectivity index (χ3n) is 3.61. The van der Waals surface area contributed by atoms with Crippen LogP contribution in [-0.2, 0) is 0 Å². The molecule has 0 aliphatic rings. The van der Waals surface area contributed by atoms with Crippen molar-refractivity contribution in [2.75, 3.05) is 11.9 Å². The van der Waals surface area contributed by atoms with Crippen molar-refractivity contribution in [2.24, 2.45) is 5.92 Å². The van der Waals surface area contributed by atoms with E-state index < -0.39 is 0 Å². The van der Waals surface area contributed by atoms with Gasteiger partial charge in [0.05, 0.1) is 23.2 Å². The van der Waals surface area contributed by atoms with Crippen LogP contribution in [0.3, 0.4) is 0 Å². The van der Waals surface area contributed by atoms with Crippen LogP contribution in [0, 0.1) is 5.92 Å². The summed E-state index contributed by atoms with van der Waals surface area (Å²) >= 11 is 6.12. The molecule has 0 radical (unpaired) electrons. The SMILES string of the molecule is C=CC[C@H](CO)NC(=O)c1cc(N[C@H](C)C(C)C)ccc1Cl. The molecule has 1 amide bonds. The topological polar surface area (TPSA) is 61.4 Å². The number of amides is 1. The van der Waals surface area contributed by atoms with Crippen molar-refractivity contribution >= 4 is 23.2 Å². The molecule has 0 saturated carbocycles. The van der Waals surface area contributed by atoms with Crippen LogP contribution in [-0.4, -0.2) is 29.7 Å². The Morgan fingerprint density at radius 1 is 1.41 bits per heavy atom. The Hall–Kier alpha value is -1.52. The average Bonchev–Trinajstić information content (AvgIpc) is 2.48. The van der Waals surface area contributed by atoms with Gasteiger partial charge in [-0.1, -0.05) is 31.5 Å². The molecule has 0 heterocycles. The molecule has 1 rings (SSSR count). The molecule has 0 aliphatic heterocycles.